The monoisotopic (exact) mass is 356 g/mol. The van der Waals surface area contributed by atoms with Crippen LogP contribution in [0.2, 0.25) is 5.02 Å². The molecule has 0 aliphatic carbocycles. The summed E-state index contributed by atoms with van der Waals surface area (Å²) < 4.78 is 4.88. The van der Waals surface area contributed by atoms with Crippen LogP contribution in [0.5, 0.6) is 0 Å². The molecule has 124 valence electrons. The van der Waals surface area contributed by atoms with Crippen LogP contribution in [-0.4, -0.2) is 41.4 Å². The SMILES string of the molecule is CCOC(=O)[C@H]1CS[C@@H](CC(=O)Nc2ccc(Cl)cc2)C(=O)N1. The summed E-state index contributed by atoms with van der Waals surface area (Å²) in [6.07, 6.45) is 0.0364. The zero-order valence-corrected chi connectivity index (χ0v) is 14.1. The molecule has 0 saturated carbocycles. The number of thioether (sulfide) groups is 1. The number of rotatable bonds is 5. The first kappa shape index (κ1) is 17.6. The van der Waals surface area contributed by atoms with Crippen molar-refractivity contribution < 1.29 is 19.1 Å². The van der Waals surface area contributed by atoms with Crippen LogP contribution in [-0.2, 0) is 19.1 Å². The van der Waals surface area contributed by atoms with Crippen molar-refractivity contribution in [2.24, 2.45) is 0 Å². The van der Waals surface area contributed by atoms with E-state index in [0.717, 1.165) is 0 Å². The highest BCUT2D eigenvalue weighted by molar-refractivity contribution is 8.00. The summed E-state index contributed by atoms with van der Waals surface area (Å²) >= 11 is 7.06. The number of hydrogen-bond donors (Lipinski definition) is 2. The maximum Gasteiger partial charge on any atom is 0.329 e. The van der Waals surface area contributed by atoms with Gasteiger partial charge in [0.05, 0.1) is 11.9 Å². The number of anilines is 1. The number of hydrogen-bond acceptors (Lipinski definition) is 5. The molecule has 1 heterocycles. The Morgan fingerprint density at radius 3 is 2.70 bits per heavy atom. The zero-order valence-electron chi connectivity index (χ0n) is 12.5. The standard InChI is InChI=1S/C15H17ClN2O4S/c1-2-22-15(21)11-8-23-12(14(20)18-11)7-13(19)17-10-5-3-9(16)4-6-10/h3-6,11-12H,2,7-8H2,1H3,(H,17,19)(H,18,20)/t11-,12+/m1/s1. The predicted octanol–water partition coefficient (Wildman–Crippen LogP) is 1.83. The smallest absolute Gasteiger partial charge is 0.329 e. The number of halogens is 1. The molecular weight excluding hydrogens is 340 g/mol. The highest BCUT2D eigenvalue weighted by Gasteiger charge is 2.34. The second kappa shape index (κ2) is 8.21. The molecule has 23 heavy (non-hydrogen) atoms. The zero-order chi connectivity index (χ0) is 16.8. The average Bonchev–Trinajstić information content (AvgIpc) is 2.52. The van der Waals surface area contributed by atoms with Crippen LogP contribution < -0.4 is 10.6 Å². The van der Waals surface area contributed by atoms with Gasteiger partial charge in [-0.1, -0.05) is 11.6 Å². The van der Waals surface area contributed by atoms with Crippen LogP contribution in [0.1, 0.15) is 13.3 Å². The number of carbonyl (C=O) groups excluding carboxylic acids is 3. The van der Waals surface area contributed by atoms with Crippen molar-refractivity contribution in [2.45, 2.75) is 24.6 Å². The van der Waals surface area contributed by atoms with Crippen molar-refractivity contribution in [3.8, 4) is 0 Å². The number of esters is 1. The Bertz CT molecular complexity index is 594. The van der Waals surface area contributed by atoms with E-state index in [-0.39, 0.29) is 24.8 Å². The highest BCUT2D eigenvalue weighted by atomic mass is 35.5. The fourth-order valence-corrected chi connectivity index (χ4v) is 3.29. The van der Waals surface area contributed by atoms with Crippen LogP contribution in [0.3, 0.4) is 0 Å². The van der Waals surface area contributed by atoms with Crippen molar-refractivity contribution in [3.05, 3.63) is 29.3 Å². The summed E-state index contributed by atoms with van der Waals surface area (Å²) in [6, 6.07) is 6.06. The minimum Gasteiger partial charge on any atom is -0.464 e. The molecule has 1 fully saturated rings. The van der Waals surface area contributed by atoms with Gasteiger partial charge in [-0.2, -0.15) is 0 Å². The molecule has 0 bridgehead atoms. The molecule has 6 nitrogen and oxygen atoms in total. The van der Waals surface area contributed by atoms with Gasteiger partial charge >= 0.3 is 5.97 Å². The van der Waals surface area contributed by atoms with Gasteiger partial charge in [0.2, 0.25) is 11.8 Å². The van der Waals surface area contributed by atoms with E-state index in [1.165, 1.54) is 11.8 Å². The summed E-state index contributed by atoms with van der Waals surface area (Å²) in [5.74, 6) is -0.652. The Labute approximate surface area is 143 Å². The van der Waals surface area contributed by atoms with Gasteiger partial charge in [-0.25, -0.2) is 4.79 Å². The minimum absolute atomic E-state index is 0.0364. The lowest BCUT2D eigenvalue weighted by molar-refractivity contribution is -0.146. The first-order valence-electron chi connectivity index (χ1n) is 7.13. The first-order chi connectivity index (χ1) is 11.0. The molecule has 2 N–H and O–H groups in total. The highest BCUT2D eigenvalue weighted by Crippen LogP contribution is 2.22. The summed E-state index contributed by atoms with van der Waals surface area (Å²) in [5, 5.41) is 5.36. The molecule has 1 saturated heterocycles. The molecule has 8 heteroatoms. The largest absolute Gasteiger partial charge is 0.464 e. The van der Waals surface area contributed by atoms with E-state index < -0.39 is 17.3 Å². The Balaban J connectivity index is 1.84. The van der Waals surface area contributed by atoms with Crippen molar-refractivity contribution in [2.75, 3.05) is 17.7 Å². The van der Waals surface area contributed by atoms with E-state index in [0.29, 0.717) is 16.5 Å². The maximum absolute atomic E-state index is 12.0. The average molecular weight is 357 g/mol. The molecule has 2 atom stereocenters. The second-order valence-electron chi connectivity index (χ2n) is 4.89. The van der Waals surface area contributed by atoms with Crippen LogP contribution >= 0.6 is 23.4 Å². The van der Waals surface area contributed by atoms with Gasteiger partial charge in [0.1, 0.15) is 6.04 Å². The Morgan fingerprint density at radius 1 is 1.39 bits per heavy atom. The van der Waals surface area contributed by atoms with Gasteiger partial charge < -0.3 is 15.4 Å². The molecule has 0 aromatic heterocycles. The lowest BCUT2D eigenvalue weighted by Crippen LogP contribution is -2.51. The summed E-state index contributed by atoms with van der Waals surface area (Å²) in [5.41, 5.74) is 0.616. The molecular formula is C15H17ClN2O4S. The van der Waals surface area contributed by atoms with Crippen molar-refractivity contribution >= 4 is 46.8 Å². The second-order valence-corrected chi connectivity index (χ2v) is 6.57. The number of amides is 2. The Hall–Kier alpha value is -1.73. The van der Waals surface area contributed by atoms with E-state index in [2.05, 4.69) is 10.6 Å². The van der Waals surface area contributed by atoms with E-state index >= 15 is 0 Å². The number of nitrogens with one attached hydrogen (secondary N) is 2. The molecule has 0 radical (unpaired) electrons. The molecule has 0 unspecified atom stereocenters. The third-order valence-electron chi connectivity index (χ3n) is 3.14. The third kappa shape index (κ3) is 5.14. The van der Waals surface area contributed by atoms with E-state index in [4.69, 9.17) is 16.3 Å². The third-order valence-corrected chi connectivity index (χ3v) is 4.70. The van der Waals surface area contributed by atoms with Crippen LogP contribution in [0, 0.1) is 0 Å². The Kier molecular flexibility index (Phi) is 6.29. The van der Waals surface area contributed by atoms with Gasteiger partial charge in [-0.3, -0.25) is 9.59 Å². The molecule has 2 amide bonds. The molecule has 1 aliphatic heterocycles. The van der Waals surface area contributed by atoms with Crippen molar-refractivity contribution in [3.63, 3.8) is 0 Å². The Morgan fingerprint density at radius 2 is 2.09 bits per heavy atom. The fraction of sp³-hybridized carbons (Fsp3) is 0.400. The van der Waals surface area contributed by atoms with Crippen molar-refractivity contribution in [1.29, 1.82) is 0 Å². The number of benzene rings is 1. The lowest BCUT2D eigenvalue weighted by Gasteiger charge is -2.27. The van der Waals surface area contributed by atoms with Gasteiger partial charge in [-0.05, 0) is 31.2 Å². The summed E-state index contributed by atoms with van der Waals surface area (Å²) in [6.45, 7) is 1.97. The summed E-state index contributed by atoms with van der Waals surface area (Å²) in [4.78, 5) is 35.6. The molecule has 2 rings (SSSR count). The molecule has 0 spiro atoms. The predicted molar refractivity (Wildman–Crippen MR) is 89.5 cm³/mol. The quantitative estimate of drug-likeness (QED) is 0.786. The number of ether oxygens (including phenoxy) is 1. The summed E-state index contributed by atoms with van der Waals surface area (Å²) in [7, 11) is 0. The molecule has 1 aliphatic rings. The van der Waals surface area contributed by atoms with Gasteiger partial charge in [-0.15, -0.1) is 11.8 Å². The van der Waals surface area contributed by atoms with E-state index in [9.17, 15) is 14.4 Å². The fourth-order valence-electron chi connectivity index (χ4n) is 2.03. The molecule has 1 aromatic carbocycles. The first-order valence-corrected chi connectivity index (χ1v) is 8.56. The van der Waals surface area contributed by atoms with Crippen molar-refractivity contribution in [1.82, 2.24) is 5.32 Å². The number of carbonyl (C=O) groups is 3. The van der Waals surface area contributed by atoms with Gasteiger partial charge in [0, 0.05) is 22.9 Å². The lowest BCUT2D eigenvalue weighted by atomic mass is 10.2. The van der Waals surface area contributed by atoms with Gasteiger partial charge in [0.15, 0.2) is 0 Å². The topological polar surface area (TPSA) is 84.5 Å². The normalized spacial score (nSPS) is 20.5. The van der Waals surface area contributed by atoms with Crippen LogP contribution in [0.4, 0.5) is 5.69 Å². The van der Waals surface area contributed by atoms with Crippen LogP contribution in [0.15, 0.2) is 24.3 Å². The minimum atomic E-state index is -0.650. The van der Waals surface area contributed by atoms with Gasteiger partial charge in [0.25, 0.3) is 0 Å². The van der Waals surface area contributed by atoms with E-state index in [1.807, 2.05) is 0 Å². The van der Waals surface area contributed by atoms with E-state index in [1.54, 1.807) is 31.2 Å². The van der Waals surface area contributed by atoms with Crippen LogP contribution in [0.25, 0.3) is 0 Å². The molecule has 1 aromatic rings. The maximum atomic E-state index is 12.0.